The molecule has 2 N–H and O–H groups in total. The monoisotopic (exact) mass is 323 g/mol. The van der Waals surface area contributed by atoms with E-state index in [0.717, 1.165) is 50.7 Å². The Kier molecular flexibility index (Phi) is 7.56. The number of carbonyl (C=O) groups is 1. The summed E-state index contributed by atoms with van der Waals surface area (Å²) in [5.41, 5.74) is 2.13. The fraction of sp³-hybridized carbons (Fsp3) is 0.562. The third kappa shape index (κ3) is 6.25. The Balaban J connectivity index is 1.65. The number of benzene rings is 1. The normalized spacial score (nSPS) is 15.5. The largest absolute Gasteiger partial charge is 0.379 e. The molecule has 1 aliphatic heterocycles. The minimum Gasteiger partial charge on any atom is -0.379 e. The van der Waals surface area contributed by atoms with Crippen molar-refractivity contribution in [1.29, 1.82) is 0 Å². The lowest BCUT2D eigenvalue weighted by Gasteiger charge is -2.26. The number of hydrogen-bond acceptors (Lipinski definition) is 4. The molecule has 1 heterocycles. The van der Waals surface area contributed by atoms with E-state index in [0.29, 0.717) is 6.54 Å². The van der Waals surface area contributed by atoms with Gasteiger partial charge in [0.15, 0.2) is 0 Å². The van der Waals surface area contributed by atoms with Gasteiger partial charge in [0.2, 0.25) is 0 Å². The second-order valence-electron chi connectivity index (χ2n) is 5.27. The molecular weight excluding hydrogens is 298 g/mol. The van der Waals surface area contributed by atoms with Gasteiger partial charge in [-0.05, 0) is 36.1 Å². The summed E-state index contributed by atoms with van der Waals surface area (Å²) in [4.78, 5) is 14.1. The molecule has 2 amide bonds. The van der Waals surface area contributed by atoms with E-state index in [-0.39, 0.29) is 6.03 Å². The second-order valence-corrected chi connectivity index (χ2v) is 6.26. The van der Waals surface area contributed by atoms with E-state index >= 15 is 0 Å². The Bertz CT molecular complexity index is 447. The summed E-state index contributed by atoms with van der Waals surface area (Å²) in [6.45, 7) is 4.98. The zero-order valence-corrected chi connectivity index (χ0v) is 14.0. The molecule has 6 heteroatoms. The van der Waals surface area contributed by atoms with Gasteiger partial charge in [-0.3, -0.25) is 4.90 Å². The molecule has 1 aromatic rings. The van der Waals surface area contributed by atoms with Crippen molar-refractivity contribution in [3.63, 3.8) is 0 Å². The van der Waals surface area contributed by atoms with Crippen LogP contribution in [0.1, 0.15) is 5.56 Å². The third-order valence-corrected chi connectivity index (χ3v) is 4.24. The van der Waals surface area contributed by atoms with Crippen LogP contribution in [0.2, 0.25) is 0 Å². The predicted octanol–water partition coefficient (Wildman–Crippen LogP) is 2.05. The van der Waals surface area contributed by atoms with Crippen LogP contribution in [0.25, 0.3) is 0 Å². The van der Waals surface area contributed by atoms with E-state index in [4.69, 9.17) is 4.74 Å². The highest BCUT2D eigenvalue weighted by atomic mass is 32.2. The standard InChI is InChI=1S/C16H25N3O2S/c1-22-13-6-14-2-4-15(5-3-14)18-16(20)17-7-8-19-9-11-21-12-10-19/h2-5H,6-13H2,1H3,(H2,17,18,20). The molecule has 1 fully saturated rings. The number of carbonyl (C=O) groups excluding carboxylic acids is 1. The average molecular weight is 323 g/mol. The van der Waals surface area contributed by atoms with Crippen molar-refractivity contribution in [2.45, 2.75) is 6.42 Å². The molecule has 5 nitrogen and oxygen atoms in total. The van der Waals surface area contributed by atoms with Gasteiger partial charge in [0.1, 0.15) is 0 Å². The van der Waals surface area contributed by atoms with E-state index in [1.54, 1.807) is 0 Å². The number of thioether (sulfide) groups is 1. The van der Waals surface area contributed by atoms with E-state index in [9.17, 15) is 4.79 Å². The van der Waals surface area contributed by atoms with Crippen LogP contribution in [0.3, 0.4) is 0 Å². The summed E-state index contributed by atoms with van der Waals surface area (Å²) in [6.07, 6.45) is 3.17. The first-order valence-electron chi connectivity index (χ1n) is 7.71. The number of ether oxygens (including phenoxy) is 1. The summed E-state index contributed by atoms with van der Waals surface area (Å²) in [6, 6.07) is 7.90. The van der Waals surface area contributed by atoms with Crippen LogP contribution in [0, 0.1) is 0 Å². The van der Waals surface area contributed by atoms with Gasteiger partial charge in [0, 0.05) is 31.9 Å². The van der Waals surface area contributed by atoms with E-state index in [1.807, 2.05) is 23.9 Å². The highest BCUT2D eigenvalue weighted by Crippen LogP contribution is 2.11. The lowest BCUT2D eigenvalue weighted by Crippen LogP contribution is -2.42. The van der Waals surface area contributed by atoms with Crippen LogP contribution >= 0.6 is 11.8 Å². The summed E-state index contributed by atoms with van der Waals surface area (Å²) in [5.74, 6) is 1.12. The minimum absolute atomic E-state index is 0.148. The maximum atomic E-state index is 11.8. The van der Waals surface area contributed by atoms with E-state index < -0.39 is 0 Å². The predicted molar refractivity (Wildman–Crippen MR) is 92.8 cm³/mol. The minimum atomic E-state index is -0.148. The maximum Gasteiger partial charge on any atom is 0.319 e. The van der Waals surface area contributed by atoms with Crippen LogP contribution in [0.5, 0.6) is 0 Å². The number of rotatable bonds is 7. The molecule has 0 bridgehead atoms. The summed E-state index contributed by atoms with van der Waals surface area (Å²) in [7, 11) is 0. The van der Waals surface area contributed by atoms with Crippen LogP contribution in [0.15, 0.2) is 24.3 Å². The lowest BCUT2D eigenvalue weighted by molar-refractivity contribution is 0.0388. The number of anilines is 1. The van der Waals surface area contributed by atoms with Gasteiger partial charge >= 0.3 is 6.03 Å². The molecule has 0 spiro atoms. The first-order chi connectivity index (χ1) is 10.8. The van der Waals surface area contributed by atoms with Gasteiger partial charge < -0.3 is 15.4 Å². The molecule has 0 saturated carbocycles. The van der Waals surface area contributed by atoms with Crippen molar-refractivity contribution in [2.75, 3.05) is 56.7 Å². The highest BCUT2D eigenvalue weighted by molar-refractivity contribution is 7.98. The topological polar surface area (TPSA) is 53.6 Å². The summed E-state index contributed by atoms with van der Waals surface area (Å²) >= 11 is 1.84. The molecule has 0 aromatic heterocycles. The first kappa shape index (κ1) is 17.1. The Hall–Kier alpha value is -1.24. The SMILES string of the molecule is CSCCc1ccc(NC(=O)NCCN2CCOCC2)cc1. The fourth-order valence-corrected chi connectivity index (χ4v) is 2.74. The van der Waals surface area contributed by atoms with Gasteiger partial charge in [-0.1, -0.05) is 12.1 Å². The van der Waals surface area contributed by atoms with Crippen molar-refractivity contribution in [3.8, 4) is 0 Å². The van der Waals surface area contributed by atoms with Crippen molar-refractivity contribution in [2.24, 2.45) is 0 Å². The second kappa shape index (κ2) is 9.71. The summed E-state index contributed by atoms with van der Waals surface area (Å²) < 4.78 is 5.30. The number of urea groups is 1. The number of amides is 2. The van der Waals surface area contributed by atoms with Crippen LogP contribution in [-0.4, -0.2) is 62.3 Å². The van der Waals surface area contributed by atoms with Crippen molar-refractivity contribution >= 4 is 23.5 Å². The van der Waals surface area contributed by atoms with Crippen molar-refractivity contribution in [1.82, 2.24) is 10.2 Å². The van der Waals surface area contributed by atoms with Crippen LogP contribution < -0.4 is 10.6 Å². The smallest absolute Gasteiger partial charge is 0.319 e. The molecule has 0 radical (unpaired) electrons. The molecule has 22 heavy (non-hydrogen) atoms. The maximum absolute atomic E-state index is 11.8. The number of hydrogen-bond donors (Lipinski definition) is 2. The quantitative estimate of drug-likeness (QED) is 0.806. The van der Waals surface area contributed by atoms with Gasteiger partial charge in [0.25, 0.3) is 0 Å². The van der Waals surface area contributed by atoms with Gasteiger partial charge in [-0.25, -0.2) is 4.79 Å². The lowest BCUT2D eigenvalue weighted by atomic mass is 10.1. The molecule has 1 aliphatic rings. The summed E-state index contributed by atoms with van der Waals surface area (Å²) in [5, 5.41) is 5.76. The molecule has 0 unspecified atom stereocenters. The van der Waals surface area contributed by atoms with E-state index in [2.05, 4.69) is 33.9 Å². The molecule has 1 saturated heterocycles. The Morgan fingerprint density at radius 3 is 2.68 bits per heavy atom. The Morgan fingerprint density at radius 2 is 2.00 bits per heavy atom. The first-order valence-corrected chi connectivity index (χ1v) is 9.10. The molecular formula is C16H25N3O2S. The third-order valence-electron chi connectivity index (χ3n) is 3.62. The Morgan fingerprint density at radius 1 is 1.27 bits per heavy atom. The molecule has 122 valence electrons. The van der Waals surface area contributed by atoms with Crippen molar-refractivity contribution < 1.29 is 9.53 Å². The zero-order valence-electron chi connectivity index (χ0n) is 13.1. The average Bonchev–Trinajstić information content (AvgIpc) is 2.55. The van der Waals surface area contributed by atoms with E-state index in [1.165, 1.54) is 5.56 Å². The van der Waals surface area contributed by atoms with Crippen molar-refractivity contribution in [3.05, 3.63) is 29.8 Å². The molecule has 1 aromatic carbocycles. The number of aryl methyl sites for hydroxylation is 1. The molecule has 0 aliphatic carbocycles. The number of nitrogens with zero attached hydrogens (tertiary/aromatic N) is 1. The van der Waals surface area contributed by atoms with Gasteiger partial charge in [-0.15, -0.1) is 0 Å². The zero-order chi connectivity index (χ0) is 15.6. The molecule has 0 atom stereocenters. The number of nitrogens with one attached hydrogen (secondary N) is 2. The number of morpholine rings is 1. The fourth-order valence-electron chi connectivity index (χ4n) is 2.30. The van der Waals surface area contributed by atoms with Gasteiger partial charge in [0.05, 0.1) is 13.2 Å². The molecule has 2 rings (SSSR count). The van der Waals surface area contributed by atoms with Crippen LogP contribution in [0.4, 0.5) is 10.5 Å². The van der Waals surface area contributed by atoms with Crippen LogP contribution in [-0.2, 0) is 11.2 Å². The van der Waals surface area contributed by atoms with Gasteiger partial charge in [-0.2, -0.15) is 11.8 Å². The Labute approximate surface area is 136 Å². The highest BCUT2D eigenvalue weighted by Gasteiger charge is 2.10.